The molecule has 0 saturated carbocycles. The van der Waals surface area contributed by atoms with Crippen LogP contribution >= 0.6 is 11.6 Å². The van der Waals surface area contributed by atoms with Crippen LogP contribution in [0, 0.1) is 6.92 Å². The largest absolute Gasteiger partial charge is 0.311 e. The Balaban J connectivity index is 2.42. The first-order chi connectivity index (χ1) is 8.28. The van der Waals surface area contributed by atoms with Gasteiger partial charge in [-0.2, -0.15) is 0 Å². The molecule has 0 amide bonds. The molecule has 0 aliphatic rings. The SMILES string of the molecule is Cc1ccc(Cl)cc1CNC(C)CNC(C)(C)C. The highest BCUT2D eigenvalue weighted by Gasteiger charge is 2.10. The molecule has 0 fully saturated rings. The van der Waals surface area contributed by atoms with Crippen LogP contribution in [-0.4, -0.2) is 18.1 Å². The van der Waals surface area contributed by atoms with E-state index in [0.29, 0.717) is 6.04 Å². The van der Waals surface area contributed by atoms with E-state index < -0.39 is 0 Å². The van der Waals surface area contributed by atoms with Gasteiger partial charge in [-0.05, 0) is 57.9 Å². The summed E-state index contributed by atoms with van der Waals surface area (Å²) in [6.07, 6.45) is 0. The third kappa shape index (κ3) is 5.85. The highest BCUT2D eigenvalue weighted by Crippen LogP contribution is 2.15. The van der Waals surface area contributed by atoms with Crippen molar-refractivity contribution in [3.8, 4) is 0 Å². The minimum atomic E-state index is 0.169. The smallest absolute Gasteiger partial charge is 0.0409 e. The van der Waals surface area contributed by atoms with E-state index in [2.05, 4.69) is 51.3 Å². The summed E-state index contributed by atoms with van der Waals surface area (Å²) in [5, 5.41) is 7.82. The number of aryl methyl sites for hydroxylation is 1. The quantitative estimate of drug-likeness (QED) is 0.854. The molecule has 0 aromatic heterocycles. The molecule has 0 spiro atoms. The van der Waals surface area contributed by atoms with Crippen molar-refractivity contribution < 1.29 is 0 Å². The first-order valence-corrected chi connectivity index (χ1v) is 6.89. The standard InChI is InChI=1S/C15H25ClN2/c1-11-6-7-14(16)8-13(11)10-17-12(2)9-18-15(3,4)5/h6-8,12,17-18H,9-10H2,1-5H3. The zero-order valence-corrected chi connectivity index (χ0v) is 12.9. The van der Waals surface area contributed by atoms with Gasteiger partial charge >= 0.3 is 0 Å². The molecule has 1 atom stereocenters. The van der Waals surface area contributed by atoms with Crippen LogP contribution in [0.2, 0.25) is 5.02 Å². The van der Waals surface area contributed by atoms with Crippen LogP contribution in [0.15, 0.2) is 18.2 Å². The zero-order valence-electron chi connectivity index (χ0n) is 12.1. The lowest BCUT2D eigenvalue weighted by atomic mass is 10.1. The van der Waals surface area contributed by atoms with Gasteiger partial charge in [0.05, 0.1) is 0 Å². The molecule has 0 saturated heterocycles. The van der Waals surface area contributed by atoms with E-state index >= 15 is 0 Å². The van der Waals surface area contributed by atoms with Gasteiger partial charge in [0.25, 0.3) is 0 Å². The Hall–Kier alpha value is -0.570. The fourth-order valence-electron chi connectivity index (χ4n) is 1.65. The maximum Gasteiger partial charge on any atom is 0.0409 e. The fourth-order valence-corrected chi connectivity index (χ4v) is 1.84. The third-order valence-electron chi connectivity index (χ3n) is 2.89. The summed E-state index contributed by atoms with van der Waals surface area (Å²) < 4.78 is 0. The van der Waals surface area contributed by atoms with Crippen molar-refractivity contribution >= 4 is 11.6 Å². The van der Waals surface area contributed by atoms with Crippen LogP contribution in [0.1, 0.15) is 38.8 Å². The highest BCUT2D eigenvalue weighted by molar-refractivity contribution is 6.30. The Labute approximate surface area is 116 Å². The van der Waals surface area contributed by atoms with Crippen LogP contribution in [0.25, 0.3) is 0 Å². The van der Waals surface area contributed by atoms with E-state index in [1.807, 2.05) is 12.1 Å². The van der Waals surface area contributed by atoms with Gasteiger partial charge in [0.2, 0.25) is 0 Å². The molecule has 3 heteroatoms. The van der Waals surface area contributed by atoms with E-state index in [1.54, 1.807) is 0 Å². The second-order valence-electron chi connectivity index (χ2n) is 5.98. The molecule has 0 radical (unpaired) electrons. The summed E-state index contributed by atoms with van der Waals surface area (Å²) in [7, 11) is 0. The maximum atomic E-state index is 6.01. The predicted molar refractivity (Wildman–Crippen MR) is 80.2 cm³/mol. The van der Waals surface area contributed by atoms with Crippen LogP contribution in [0.4, 0.5) is 0 Å². The number of halogens is 1. The summed E-state index contributed by atoms with van der Waals surface area (Å²) in [4.78, 5) is 0. The molecule has 1 unspecified atom stereocenters. The van der Waals surface area contributed by atoms with Gasteiger partial charge in [-0.25, -0.2) is 0 Å². The number of nitrogens with one attached hydrogen (secondary N) is 2. The first kappa shape index (κ1) is 15.5. The molecule has 0 aliphatic carbocycles. The molecule has 18 heavy (non-hydrogen) atoms. The summed E-state index contributed by atoms with van der Waals surface area (Å²) in [5.41, 5.74) is 2.72. The van der Waals surface area contributed by atoms with Crippen molar-refractivity contribution in [1.82, 2.24) is 10.6 Å². The fraction of sp³-hybridized carbons (Fsp3) is 0.600. The highest BCUT2D eigenvalue weighted by atomic mass is 35.5. The van der Waals surface area contributed by atoms with Gasteiger partial charge in [-0.3, -0.25) is 0 Å². The molecule has 2 N–H and O–H groups in total. The normalized spacial score (nSPS) is 13.7. The van der Waals surface area contributed by atoms with E-state index in [4.69, 9.17) is 11.6 Å². The van der Waals surface area contributed by atoms with Crippen LogP contribution in [0.3, 0.4) is 0 Å². The molecule has 0 bridgehead atoms. The van der Waals surface area contributed by atoms with E-state index in [1.165, 1.54) is 11.1 Å². The monoisotopic (exact) mass is 268 g/mol. The van der Waals surface area contributed by atoms with E-state index in [-0.39, 0.29) is 5.54 Å². The summed E-state index contributed by atoms with van der Waals surface area (Å²) in [6.45, 7) is 12.7. The lowest BCUT2D eigenvalue weighted by Gasteiger charge is -2.24. The summed E-state index contributed by atoms with van der Waals surface area (Å²) in [6, 6.07) is 6.47. The van der Waals surface area contributed by atoms with Gasteiger partial charge in [0, 0.05) is 29.7 Å². The molecular formula is C15H25ClN2. The molecule has 102 valence electrons. The molecule has 1 rings (SSSR count). The van der Waals surface area contributed by atoms with Gasteiger partial charge in [-0.15, -0.1) is 0 Å². The Morgan fingerprint density at radius 2 is 1.94 bits per heavy atom. The third-order valence-corrected chi connectivity index (χ3v) is 3.13. The Kier molecular flexibility index (Phi) is 5.64. The van der Waals surface area contributed by atoms with Crippen molar-refractivity contribution in [2.45, 2.75) is 52.7 Å². The minimum absolute atomic E-state index is 0.169. The van der Waals surface area contributed by atoms with Crippen LogP contribution in [-0.2, 0) is 6.54 Å². The minimum Gasteiger partial charge on any atom is -0.311 e. The lowest BCUT2D eigenvalue weighted by Crippen LogP contribution is -2.44. The lowest BCUT2D eigenvalue weighted by molar-refractivity contribution is 0.387. The molecule has 2 nitrogen and oxygen atoms in total. The van der Waals surface area contributed by atoms with Gasteiger partial charge in [-0.1, -0.05) is 17.7 Å². The molecular weight excluding hydrogens is 244 g/mol. The maximum absolute atomic E-state index is 6.01. The summed E-state index contributed by atoms with van der Waals surface area (Å²) in [5.74, 6) is 0. The van der Waals surface area contributed by atoms with Gasteiger partial charge in [0.15, 0.2) is 0 Å². The van der Waals surface area contributed by atoms with E-state index in [9.17, 15) is 0 Å². The molecule has 0 heterocycles. The van der Waals surface area contributed by atoms with Crippen molar-refractivity contribution in [1.29, 1.82) is 0 Å². The average Bonchev–Trinajstić information content (AvgIpc) is 2.26. The van der Waals surface area contributed by atoms with Gasteiger partial charge < -0.3 is 10.6 Å². The van der Waals surface area contributed by atoms with Crippen molar-refractivity contribution in [2.75, 3.05) is 6.54 Å². The molecule has 1 aromatic carbocycles. The Morgan fingerprint density at radius 1 is 1.28 bits per heavy atom. The molecule has 0 aliphatic heterocycles. The Morgan fingerprint density at radius 3 is 2.56 bits per heavy atom. The topological polar surface area (TPSA) is 24.1 Å². The number of hydrogen-bond donors (Lipinski definition) is 2. The van der Waals surface area contributed by atoms with Gasteiger partial charge in [0.1, 0.15) is 0 Å². The number of hydrogen-bond acceptors (Lipinski definition) is 2. The number of rotatable bonds is 5. The first-order valence-electron chi connectivity index (χ1n) is 6.51. The average molecular weight is 269 g/mol. The van der Waals surface area contributed by atoms with Crippen LogP contribution in [0.5, 0.6) is 0 Å². The Bertz CT molecular complexity index is 383. The predicted octanol–water partition coefficient (Wildman–Crippen LogP) is 3.51. The van der Waals surface area contributed by atoms with E-state index in [0.717, 1.165) is 18.1 Å². The number of benzene rings is 1. The van der Waals surface area contributed by atoms with Crippen molar-refractivity contribution in [2.24, 2.45) is 0 Å². The zero-order chi connectivity index (χ0) is 13.8. The van der Waals surface area contributed by atoms with Crippen molar-refractivity contribution in [3.63, 3.8) is 0 Å². The van der Waals surface area contributed by atoms with Crippen molar-refractivity contribution in [3.05, 3.63) is 34.3 Å². The summed E-state index contributed by atoms with van der Waals surface area (Å²) >= 11 is 6.01. The molecule has 1 aromatic rings. The van der Waals surface area contributed by atoms with Crippen LogP contribution < -0.4 is 10.6 Å². The second-order valence-corrected chi connectivity index (χ2v) is 6.42. The second kappa shape index (κ2) is 6.55.